The fourth-order valence-electron chi connectivity index (χ4n) is 3.29. The van der Waals surface area contributed by atoms with Gasteiger partial charge in [-0.1, -0.05) is 66.7 Å². The van der Waals surface area contributed by atoms with Crippen molar-refractivity contribution in [3.8, 4) is 0 Å². The van der Waals surface area contributed by atoms with Gasteiger partial charge in [0.25, 0.3) is 0 Å². The number of hydrogen-bond donors (Lipinski definition) is 0. The Labute approximate surface area is 171 Å². The molecule has 3 rings (SSSR count). The molecule has 0 N–H and O–H groups in total. The molecule has 6 nitrogen and oxygen atoms in total. The van der Waals surface area contributed by atoms with Crippen molar-refractivity contribution in [1.82, 2.24) is 8.61 Å². The van der Waals surface area contributed by atoms with Gasteiger partial charge in [-0.25, -0.2) is 4.79 Å². The number of esters is 1. The Morgan fingerprint density at radius 1 is 1.10 bits per heavy atom. The van der Waals surface area contributed by atoms with Gasteiger partial charge >= 0.3 is 16.2 Å². The van der Waals surface area contributed by atoms with Crippen LogP contribution in [0.4, 0.5) is 0 Å². The lowest BCUT2D eigenvalue weighted by molar-refractivity contribution is -0.139. The minimum absolute atomic E-state index is 0.0536. The maximum absolute atomic E-state index is 13.4. The Kier molecular flexibility index (Phi) is 6.51. The van der Waals surface area contributed by atoms with E-state index >= 15 is 0 Å². The van der Waals surface area contributed by atoms with E-state index in [9.17, 15) is 13.2 Å². The molecule has 2 aromatic carbocycles. The molecule has 1 aliphatic rings. The molecule has 152 valence electrons. The molecule has 0 bridgehead atoms. The quantitative estimate of drug-likeness (QED) is 0.516. The first-order valence-corrected chi connectivity index (χ1v) is 10.8. The van der Waals surface area contributed by atoms with E-state index in [1.165, 1.54) is 16.6 Å². The Bertz CT molecular complexity index is 988. The first-order chi connectivity index (χ1) is 14.0. The van der Waals surface area contributed by atoms with E-state index < -0.39 is 22.2 Å². The van der Waals surface area contributed by atoms with E-state index in [1.54, 1.807) is 6.92 Å². The minimum atomic E-state index is -3.89. The summed E-state index contributed by atoms with van der Waals surface area (Å²) >= 11 is 0. The van der Waals surface area contributed by atoms with Crippen LogP contribution in [0.25, 0.3) is 0 Å². The van der Waals surface area contributed by atoms with E-state index in [0.29, 0.717) is 5.56 Å². The minimum Gasteiger partial charge on any atom is -0.463 e. The van der Waals surface area contributed by atoms with Crippen molar-refractivity contribution in [2.75, 3.05) is 13.2 Å². The van der Waals surface area contributed by atoms with Crippen LogP contribution in [-0.2, 0) is 26.3 Å². The average Bonchev–Trinajstić information content (AvgIpc) is 2.72. The van der Waals surface area contributed by atoms with Crippen LogP contribution in [0.3, 0.4) is 0 Å². The zero-order valence-electron chi connectivity index (χ0n) is 16.3. The number of benzene rings is 2. The molecule has 7 heteroatoms. The van der Waals surface area contributed by atoms with Crippen molar-refractivity contribution in [3.63, 3.8) is 0 Å². The van der Waals surface area contributed by atoms with Gasteiger partial charge in [-0.2, -0.15) is 12.7 Å². The normalized spacial score (nSPS) is 18.7. The van der Waals surface area contributed by atoms with E-state index in [1.807, 2.05) is 60.7 Å². The third kappa shape index (κ3) is 4.41. The third-order valence-corrected chi connectivity index (χ3v) is 6.35. The molecule has 0 spiro atoms. The summed E-state index contributed by atoms with van der Waals surface area (Å²) in [5.74, 6) is -0.539. The maximum Gasteiger partial charge on any atom is 0.337 e. The van der Waals surface area contributed by atoms with Crippen molar-refractivity contribution in [3.05, 3.63) is 96.2 Å². The van der Waals surface area contributed by atoms with Crippen molar-refractivity contribution >= 4 is 16.2 Å². The first kappa shape index (κ1) is 20.8. The summed E-state index contributed by atoms with van der Waals surface area (Å²) in [7, 11) is -3.89. The summed E-state index contributed by atoms with van der Waals surface area (Å²) in [6.45, 7) is 5.73. The molecule has 29 heavy (non-hydrogen) atoms. The van der Waals surface area contributed by atoms with E-state index in [4.69, 9.17) is 4.74 Å². The lowest BCUT2D eigenvalue weighted by Gasteiger charge is -2.39. The molecule has 1 unspecified atom stereocenters. The molecule has 0 aliphatic carbocycles. The average molecular weight is 413 g/mol. The smallest absolute Gasteiger partial charge is 0.337 e. The number of nitrogens with zero attached hydrogens (tertiary/aromatic N) is 2. The standard InChI is InChI=1S/C22H24N2O4S/c1-3-15-23-17-20(22(25)28-4-2)21(19-13-9-6-10-14-19)24(29(23,26)27)16-18-11-7-5-8-12-18/h3,5-14,17,21H,1,4,15-16H2,2H3. The van der Waals surface area contributed by atoms with Crippen molar-refractivity contribution in [2.24, 2.45) is 0 Å². The second kappa shape index (κ2) is 9.07. The molecule has 0 aromatic heterocycles. The Hall–Kier alpha value is -2.90. The number of rotatable bonds is 7. The molecule has 0 radical (unpaired) electrons. The zero-order valence-corrected chi connectivity index (χ0v) is 17.1. The lowest BCUT2D eigenvalue weighted by Crippen LogP contribution is -2.48. The van der Waals surface area contributed by atoms with Gasteiger partial charge in [0.2, 0.25) is 0 Å². The van der Waals surface area contributed by atoms with Crippen LogP contribution >= 0.6 is 0 Å². The molecule has 0 saturated heterocycles. The van der Waals surface area contributed by atoms with E-state index in [-0.39, 0.29) is 25.3 Å². The summed E-state index contributed by atoms with van der Waals surface area (Å²) in [4.78, 5) is 12.8. The van der Waals surface area contributed by atoms with E-state index in [2.05, 4.69) is 6.58 Å². The van der Waals surface area contributed by atoms with Crippen LogP contribution in [-0.4, -0.2) is 36.1 Å². The molecule has 0 fully saturated rings. The van der Waals surface area contributed by atoms with Gasteiger partial charge in [0, 0.05) is 12.7 Å². The maximum atomic E-state index is 13.4. The largest absolute Gasteiger partial charge is 0.463 e. The molecule has 1 aliphatic heterocycles. The fraction of sp³-hybridized carbons (Fsp3) is 0.227. The predicted octanol–water partition coefficient (Wildman–Crippen LogP) is 3.42. The number of carbonyl (C=O) groups is 1. The highest BCUT2D eigenvalue weighted by Crippen LogP contribution is 2.38. The molecular weight excluding hydrogens is 388 g/mol. The second-order valence-electron chi connectivity index (χ2n) is 6.52. The SMILES string of the molecule is C=CCN1C=C(C(=O)OCC)C(c2ccccc2)N(Cc2ccccc2)S1(=O)=O. The monoisotopic (exact) mass is 412 g/mol. The van der Waals surface area contributed by atoms with Crippen molar-refractivity contribution in [2.45, 2.75) is 19.5 Å². The number of carbonyl (C=O) groups excluding carboxylic acids is 1. The van der Waals surface area contributed by atoms with Crippen LogP contribution < -0.4 is 0 Å². The second-order valence-corrected chi connectivity index (χ2v) is 8.35. The van der Waals surface area contributed by atoms with Gasteiger partial charge in [0.15, 0.2) is 0 Å². The topological polar surface area (TPSA) is 66.9 Å². The van der Waals surface area contributed by atoms with Crippen LogP contribution in [0.2, 0.25) is 0 Å². The van der Waals surface area contributed by atoms with Crippen molar-refractivity contribution < 1.29 is 17.9 Å². The molecule has 0 amide bonds. The van der Waals surface area contributed by atoms with Crippen LogP contribution in [0.1, 0.15) is 24.1 Å². The zero-order chi connectivity index (χ0) is 20.9. The summed E-state index contributed by atoms with van der Waals surface area (Å²) in [5, 5.41) is 0. The van der Waals surface area contributed by atoms with Gasteiger partial charge in [0.1, 0.15) is 0 Å². The summed E-state index contributed by atoms with van der Waals surface area (Å²) < 4.78 is 34.6. The van der Waals surface area contributed by atoms with Crippen LogP contribution in [0.15, 0.2) is 85.1 Å². The van der Waals surface area contributed by atoms with Gasteiger partial charge < -0.3 is 4.74 Å². The summed E-state index contributed by atoms with van der Waals surface area (Å²) in [6, 6.07) is 17.6. The van der Waals surface area contributed by atoms with Crippen LogP contribution in [0.5, 0.6) is 0 Å². The molecule has 1 heterocycles. The molecule has 1 atom stereocenters. The molecular formula is C22H24N2O4S. The fourth-order valence-corrected chi connectivity index (χ4v) is 4.91. The Morgan fingerprint density at radius 3 is 2.31 bits per heavy atom. The Morgan fingerprint density at radius 2 is 1.72 bits per heavy atom. The van der Waals surface area contributed by atoms with Gasteiger partial charge in [-0.3, -0.25) is 4.31 Å². The Balaban J connectivity index is 2.18. The third-order valence-electron chi connectivity index (χ3n) is 4.58. The van der Waals surface area contributed by atoms with Gasteiger partial charge in [0.05, 0.1) is 24.8 Å². The first-order valence-electron chi connectivity index (χ1n) is 9.36. The van der Waals surface area contributed by atoms with Gasteiger partial charge in [-0.05, 0) is 18.1 Å². The highest BCUT2D eigenvalue weighted by Gasteiger charge is 2.43. The van der Waals surface area contributed by atoms with Crippen LogP contribution in [0, 0.1) is 0 Å². The summed E-state index contributed by atoms with van der Waals surface area (Å²) in [6.07, 6.45) is 2.86. The highest BCUT2D eigenvalue weighted by atomic mass is 32.2. The van der Waals surface area contributed by atoms with E-state index in [0.717, 1.165) is 9.87 Å². The lowest BCUT2D eigenvalue weighted by atomic mass is 9.98. The van der Waals surface area contributed by atoms with Crippen molar-refractivity contribution in [1.29, 1.82) is 0 Å². The molecule has 0 saturated carbocycles. The predicted molar refractivity (Wildman–Crippen MR) is 112 cm³/mol. The highest BCUT2D eigenvalue weighted by molar-refractivity contribution is 7.86. The summed E-state index contributed by atoms with van der Waals surface area (Å²) in [5.41, 5.74) is 1.79. The molecule has 2 aromatic rings. The number of ether oxygens (including phenoxy) is 1. The van der Waals surface area contributed by atoms with Gasteiger partial charge in [-0.15, -0.1) is 6.58 Å². The number of hydrogen-bond acceptors (Lipinski definition) is 4.